The summed E-state index contributed by atoms with van der Waals surface area (Å²) >= 11 is 9.81. The first-order valence-electron chi connectivity index (χ1n) is 11.9. The van der Waals surface area contributed by atoms with Gasteiger partial charge in [0.05, 0.1) is 6.21 Å². The predicted molar refractivity (Wildman–Crippen MR) is 144 cm³/mol. The monoisotopic (exact) mass is 555 g/mol. The number of rotatable bonds is 8. The highest BCUT2D eigenvalue weighted by molar-refractivity contribution is 9.10. The first-order valence-corrected chi connectivity index (χ1v) is 13.0. The van der Waals surface area contributed by atoms with E-state index in [0.29, 0.717) is 35.2 Å². The zero-order valence-electron chi connectivity index (χ0n) is 19.3. The Morgan fingerprint density at radius 2 is 1.60 bits per heavy atom. The van der Waals surface area contributed by atoms with E-state index in [1.54, 1.807) is 6.21 Å². The van der Waals surface area contributed by atoms with Crippen molar-refractivity contribution >= 4 is 51.6 Å². The topological polar surface area (TPSA) is 78.8 Å². The number of hydrogen-bond donors (Lipinski definition) is 1. The fraction of sp³-hybridized carbons (Fsp3) is 0.360. The van der Waals surface area contributed by atoms with Crippen molar-refractivity contribution in [1.82, 2.24) is 15.0 Å². The largest absolute Gasteiger partial charge is 0.488 e. The molecule has 3 aromatic rings. The van der Waals surface area contributed by atoms with Gasteiger partial charge in [-0.15, -0.1) is 0 Å². The maximum absolute atomic E-state index is 6.28. The molecule has 2 fully saturated rings. The molecular weight excluding hydrogens is 530 g/mol. The molecule has 0 radical (unpaired) electrons. The average Bonchev–Trinajstić information content (AvgIpc) is 3.59. The second kappa shape index (κ2) is 11.2. The van der Waals surface area contributed by atoms with Crippen molar-refractivity contribution in [3.05, 3.63) is 63.1 Å². The van der Waals surface area contributed by atoms with E-state index in [4.69, 9.17) is 21.3 Å². The van der Waals surface area contributed by atoms with E-state index in [9.17, 15) is 0 Å². The maximum Gasteiger partial charge on any atom is 0.250 e. The van der Waals surface area contributed by atoms with Gasteiger partial charge in [-0.3, -0.25) is 0 Å². The highest BCUT2D eigenvalue weighted by Gasteiger charge is 2.21. The van der Waals surface area contributed by atoms with E-state index in [1.807, 2.05) is 42.5 Å². The molecule has 0 saturated carbocycles. The van der Waals surface area contributed by atoms with Crippen molar-refractivity contribution in [3.8, 4) is 5.75 Å². The number of halogens is 2. The van der Waals surface area contributed by atoms with Crippen LogP contribution in [0.15, 0.2) is 52.0 Å². The molecule has 2 saturated heterocycles. The molecule has 0 aliphatic carbocycles. The number of nitrogens with one attached hydrogen (secondary N) is 1. The minimum absolute atomic E-state index is 0.363. The quantitative estimate of drug-likeness (QED) is 0.289. The van der Waals surface area contributed by atoms with Gasteiger partial charge in [0.25, 0.3) is 0 Å². The molecule has 5 rings (SSSR count). The molecule has 3 heterocycles. The third-order valence-electron chi connectivity index (χ3n) is 6.07. The van der Waals surface area contributed by atoms with Gasteiger partial charge < -0.3 is 14.5 Å². The Hall–Kier alpha value is -2.91. The van der Waals surface area contributed by atoms with Gasteiger partial charge >= 0.3 is 0 Å². The van der Waals surface area contributed by atoms with Crippen molar-refractivity contribution in [2.45, 2.75) is 32.3 Å². The Bertz CT molecular complexity index is 1160. The molecule has 0 atom stereocenters. The second-order valence-corrected chi connectivity index (χ2v) is 9.90. The van der Waals surface area contributed by atoms with Crippen molar-refractivity contribution in [2.75, 3.05) is 41.4 Å². The summed E-state index contributed by atoms with van der Waals surface area (Å²) in [6, 6.07) is 13.4. The van der Waals surface area contributed by atoms with Crippen LogP contribution in [0.25, 0.3) is 0 Å². The molecule has 2 aromatic carbocycles. The predicted octanol–water partition coefficient (Wildman–Crippen LogP) is 5.51. The van der Waals surface area contributed by atoms with Gasteiger partial charge in [0.2, 0.25) is 17.8 Å². The van der Waals surface area contributed by atoms with E-state index in [2.05, 4.69) is 46.2 Å². The molecule has 0 unspecified atom stereocenters. The van der Waals surface area contributed by atoms with Crippen LogP contribution in [0, 0.1) is 0 Å². The molecule has 0 amide bonds. The number of aromatic nitrogens is 3. The second-order valence-electron chi connectivity index (χ2n) is 8.58. The molecule has 1 aromatic heterocycles. The van der Waals surface area contributed by atoms with Gasteiger partial charge in [0.1, 0.15) is 12.4 Å². The highest BCUT2D eigenvalue weighted by Crippen LogP contribution is 2.25. The summed E-state index contributed by atoms with van der Waals surface area (Å²) in [5.74, 6) is 2.56. The molecule has 10 heteroatoms. The summed E-state index contributed by atoms with van der Waals surface area (Å²) < 4.78 is 6.98. The molecule has 2 aliphatic rings. The van der Waals surface area contributed by atoms with Gasteiger partial charge in [-0.1, -0.05) is 45.7 Å². The lowest BCUT2D eigenvalue weighted by Crippen LogP contribution is -2.25. The fourth-order valence-electron chi connectivity index (χ4n) is 4.20. The van der Waals surface area contributed by atoms with Crippen molar-refractivity contribution in [1.29, 1.82) is 0 Å². The molecule has 182 valence electrons. The van der Waals surface area contributed by atoms with Gasteiger partial charge in [0.15, 0.2) is 0 Å². The van der Waals surface area contributed by atoms with E-state index in [0.717, 1.165) is 67.5 Å². The zero-order valence-corrected chi connectivity index (χ0v) is 21.7. The number of hydrogen-bond acceptors (Lipinski definition) is 8. The lowest BCUT2D eigenvalue weighted by molar-refractivity contribution is 0.306. The Morgan fingerprint density at radius 3 is 2.26 bits per heavy atom. The fourth-order valence-corrected chi connectivity index (χ4v) is 4.77. The Balaban J connectivity index is 1.33. The van der Waals surface area contributed by atoms with E-state index < -0.39 is 0 Å². The van der Waals surface area contributed by atoms with Crippen LogP contribution < -0.4 is 20.0 Å². The number of benzene rings is 2. The SMILES string of the molecule is Clc1ccccc1COc1ccc(Br)cc1/C=N\Nc1nc(N2CCCC2)nc(N2CCCC2)n1. The van der Waals surface area contributed by atoms with Crippen LogP contribution in [-0.4, -0.2) is 47.3 Å². The van der Waals surface area contributed by atoms with Crippen LogP contribution in [0.5, 0.6) is 5.75 Å². The van der Waals surface area contributed by atoms with Gasteiger partial charge in [-0.25, -0.2) is 5.43 Å². The Morgan fingerprint density at radius 1 is 0.943 bits per heavy atom. The maximum atomic E-state index is 6.28. The number of ether oxygens (including phenoxy) is 1. The lowest BCUT2D eigenvalue weighted by atomic mass is 10.2. The van der Waals surface area contributed by atoms with Gasteiger partial charge in [0, 0.05) is 46.8 Å². The minimum atomic E-state index is 0.363. The average molecular weight is 557 g/mol. The van der Waals surface area contributed by atoms with Gasteiger partial charge in [-0.05, 0) is 49.9 Å². The van der Waals surface area contributed by atoms with Crippen LogP contribution >= 0.6 is 27.5 Å². The van der Waals surface area contributed by atoms with Crippen LogP contribution in [0.2, 0.25) is 5.02 Å². The summed E-state index contributed by atoms with van der Waals surface area (Å²) in [4.78, 5) is 18.5. The van der Waals surface area contributed by atoms with Crippen molar-refractivity contribution in [3.63, 3.8) is 0 Å². The van der Waals surface area contributed by atoms with Gasteiger partial charge in [-0.2, -0.15) is 20.1 Å². The zero-order chi connectivity index (χ0) is 24.0. The first kappa shape index (κ1) is 23.8. The first-order chi connectivity index (χ1) is 17.2. The van der Waals surface area contributed by atoms with Crippen molar-refractivity contribution in [2.24, 2.45) is 5.10 Å². The number of hydrazone groups is 1. The molecule has 2 aliphatic heterocycles. The third-order valence-corrected chi connectivity index (χ3v) is 6.93. The molecule has 1 N–H and O–H groups in total. The van der Waals surface area contributed by atoms with Crippen molar-refractivity contribution < 1.29 is 4.74 Å². The summed E-state index contributed by atoms with van der Waals surface area (Å²) in [5.41, 5.74) is 4.75. The number of anilines is 3. The molecule has 35 heavy (non-hydrogen) atoms. The van der Waals surface area contributed by atoms with Crippen LogP contribution in [0.3, 0.4) is 0 Å². The third kappa shape index (κ3) is 6.02. The van der Waals surface area contributed by atoms with Crippen LogP contribution in [-0.2, 0) is 6.61 Å². The minimum Gasteiger partial charge on any atom is -0.488 e. The lowest BCUT2D eigenvalue weighted by Gasteiger charge is -2.20. The molecular formula is C25H27BrClN7O. The Kier molecular flexibility index (Phi) is 7.63. The summed E-state index contributed by atoms with van der Waals surface area (Å²) in [6.45, 7) is 4.24. The summed E-state index contributed by atoms with van der Waals surface area (Å²) in [7, 11) is 0. The molecule has 0 spiro atoms. The summed E-state index contributed by atoms with van der Waals surface area (Å²) in [6.07, 6.45) is 6.34. The smallest absolute Gasteiger partial charge is 0.250 e. The van der Waals surface area contributed by atoms with E-state index in [-0.39, 0.29) is 0 Å². The van der Waals surface area contributed by atoms with Crippen LogP contribution in [0.4, 0.5) is 17.8 Å². The van der Waals surface area contributed by atoms with E-state index in [1.165, 1.54) is 0 Å². The highest BCUT2D eigenvalue weighted by atomic mass is 79.9. The Labute approximate surface area is 218 Å². The van der Waals surface area contributed by atoms with Crippen LogP contribution in [0.1, 0.15) is 36.8 Å². The summed E-state index contributed by atoms with van der Waals surface area (Å²) in [5, 5.41) is 5.11. The molecule has 8 nitrogen and oxygen atoms in total. The normalized spacial score (nSPS) is 15.8. The number of nitrogens with zero attached hydrogens (tertiary/aromatic N) is 6. The molecule has 0 bridgehead atoms. The van der Waals surface area contributed by atoms with E-state index >= 15 is 0 Å². The standard InChI is InChI=1S/C25H27BrClN7O/c26-20-9-10-22(35-17-18-7-1-2-8-21(18)27)19(15-20)16-28-32-23-29-24(33-11-3-4-12-33)31-25(30-23)34-13-5-6-14-34/h1-2,7-10,15-16H,3-6,11-14,17H2,(H,29,30,31,32)/b28-16-.